The monoisotopic (exact) mass is 265 g/mol. The zero-order chi connectivity index (χ0) is 13.1. The van der Waals surface area contributed by atoms with Crippen LogP contribution in [0, 0.1) is 0 Å². The summed E-state index contributed by atoms with van der Waals surface area (Å²) in [6, 6.07) is 2.50. The van der Waals surface area contributed by atoms with Crippen molar-refractivity contribution in [1.29, 1.82) is 0 Å². The second-order valence-electron chi connectivity index (χ2n) is 6.92. The highest BCUT2D eigenvalue weighted by molar-refractivity contribution is 4.95. The van der Waals surface area contributed by atoms with Gasteiger partial charge in [-0.25, -0.2) is 0 Å². The Balaban J connectivity index is 1.33. The molecule has 0 aromatic heterocycles. The van der Waals surface area contributed by atoms with Crippen LogP contribution < -0.4 is 5.32 Å². The van der Waals surface area contributed by atoms with Gasteiger partial charge >= 0.3 is 0 Å². The first-order chi connectivity index (χ1) is 9.33. The van der Waals surface area contributed by atoms with Gasteiger partial charge in [0.05, 0.1) is 0 Å². The lowest BCUT2D eigenvalue weighted by atomic mass is 10.2. The number of rotatable bonds is 5. The average Bonchev–Trinajstić information content (AvgIpc) is 3.19. The zero-order valence-corrected chi connectivity index (χ0v) is 12.6. The Labute approximate surface area is 118 Å². The van der Waals surface area contributed by atoms with E-state index in [2.05, 4.69) is 22.0 Å². The van der Waals surface area contributed by atoms with Gasteiger partial charge in [0, 0.05) is 37.8 Å². The van der Waals surface area contributed by atoms with Crippen LogP contribution in [0.2, 0.25) is 0 Å². The number of hydrogen-bond donors (Lipinski definition) is 1. The van der Waals surface area contributed by atoms with Gasteiger partial charge in [-0.3, -0.25) is 4.90 Å². The molecule has 1 N–H and O–H groups in total. The van der Waals surface area contributed by atoms with Gasteiger partial charge < -0.3 is 10.2 Å². The Morgan fingerprint density at radius 1 is 1.05 bits per heavy atom. The maximum absolute atomic E-state index is 3.81. The first-order valence-corrected chi connectivity index (χ1v) is 8.54. The van der Waals surface area contributed by atoms with E-state index in [0.29, 0.717) is 0 Å². The molecule has 2 atom stereocenters. The minimum atomic E-state index is 0.752. The van der Waals surface area contributed by atoms with E-state index in [1.165, 1.54) is 77.7 Å². The summed E-state index contributed by atoms with van der Waals surface area (Å²) in [7, 11) is 0. The minimum absolute atomic E-state index is 0.752. The van der Waals surface area contributed by atoms with Crippen molar-refractivity contribution in [1.82, 2.24) is 15.1 Å². The van der Waals surface area contributed by atoms with E-state index in [-0.39, 0.29) is 0 Å². The molecule has 3 nitrogen and oxygen atoms in total. The number of nitrogens with zero attached hydrogens (tertiary/aromatic N) is 2. The van der Waals surface area contributed by atoms with Gasteiger partial charge in [-0.1, -0.05) is 12.8 Å². The summed E-state index contributed by atoms with van der Waals surface area (Å²) in [5.41, 5.74) is 0. The molecule has 0 spiro atoms. The Bertz CT molecular complexity index is 269. The van der Waals surface area contributed by atoms with Gasteiger partial charge in [0.15, 0.2) is 0 Å². The van der Waals surface area contributed by atoms with E-state index >= 15 is 0 Å². The van der Waals surface area contributed by atoms with Crippen molar-refractivity contribution in [2.45, 2.75) is 70.0 Å². The third-order valence-corrected chi connectivity index (χ3v) is 5.20. The Morgan fingerprint density at radius 3 is 2.47 bits per heavy atom. The molecule has 1 aliphatic carbocycles. The van der Waals surface area contributed by atoms with Crippen LogP contribution in [-0.2, 0) is 0 Å². The van der Waals surface area contributed by atoms with Crippen molar-refractivity contribution in [3.8, 4) is 0 Å². The van der Waals surface area contributed by atoms with Crippen LogP contribution in [0.25, 0.3) is 0 Å². The van der Waals surface area contributed by atoms with Crippen molar-refractivity contribution in [2.24, 2.45) is 0 Å². The third-order valence-electron chi connectivity index (χ3n) is 5.20. The van der Waals surface area contributed by atoms with Crippen LogP contribution in [0.4, 0.5) is 0 Å². The lowest BCUT2D eigenvalue weighted by Gasteiger charge is -2.22. The zero-order valence-electron chi connectivity index (χ0n) is 12.6. The molecule has 1 saturated carbocycles. The number of hydrogen-bond acceptors (Lipinski definition) is 3. The largest absolute Gasteiger partial charge is 0.311 e. The summed E-state index contributed by atoms with van der Waals surface area (Å²) in [6.45, 7) is 8.82. The van der Waals surface area contributed by atoms with E-state index in [4.69, 9.17) is 0 Å². The molecule has 3 heteroatoms. The number of likely N-dealkylation sites (tertiary alicyclic amines) is 2. The molecule has 2 unspecified atom stereocenters. The van der Waals surface area contributed by atoms with E-state index in [0.717, 1.165) is 18.1 Å². The topological polar surface area (TPSA) is 18.5 Å². The van der Waals surface area contributed by atoms with E-state index in [1.807, 2.05) is 0 Å². The summed E-state index contributed by atoms with van der Waals surface area (Å²) in [6.07, 6.45) is 9.97. The van der Waals surface area contributed by atoms with Gasteiger partial charge in [-0.05, 0) is 52.1 Å². The summed E-state index contributed by atoms with van der Waals surface area (Å²) in [4.78, 5) is 5.40. The van der Waals surface area contributed by atoms with E-state index in [1.54, 1.807) is 0 Å². The Morgan fingerprint density at radius 2 is 1.79 bits per heavy atom. The van der Waals surface area contributed by atoms with Gasteiger partial charge in [0.1, 0.15) is 0 Å². The lowest BCUT2D eigenvalue weighted by Crippen LogP contribution is -2.39. The molecule has 2 aliphatic heterocycles. The maximum Gasteiger partial charge on any atom is 0.0210 e. The smallest absolute Gasteiger partial charge is 0.0210 e. The molecule has 3 rings (SSSR count). The molecule has 0 aromatic carbocycles. The first kappa shape index (κ1) is 13.8. The predicted molar refractivity (Wildman–Crippen MR) is 80.5 cm³/mol. The van der Waals surface area contributed by atoms with Gasteiger partial charge in [-0.15, -0.1) is 0 Å². The highest BCUT2D eigenvalue weighted by atomic mass is 15.3. The molecule has 3 fully saturated rings. The fraction of sp³-hybridized carbons (Fsp3) is 1.00. The normalized spacial score (nSPS) is 34.6. The van der Waals surface area contributed by atoms with E-state index < -0.39 is 0 Å². The standard InChI is InChI=1S/C16H31N3/c1-14-12-15(13-19(14)16-6-7-16)17-8-11-18-9-4-2-3-5-10-18/h14-17H,2-13H2,1H3. The highest BCUT2D eigenvalue weighted by Gasteiger charge is 2.38. The predicted octanol–water partition coefficient (Wildman–Crippen LogP) is 2.08. The summed E-state index contributed by atoms with van der Waals surface area (Å²) in [5, 5.41) is 3.81. The van der Waals surface area contributed by atoms with Crippen LogP contribution in [0.1, 0.15) is 51.9 Å². The fourth-order valence-electron chi connectivity index (χ4n) is 3.91. The average molecular weight is 265 g/mol. The van der Waals surface area contributed by atoms with Crippen LogP contribution in [0.5, 0.6) is 0 Å². The lowest BCUT2D eigenvalue weighted by molar-refractivity contribution is 0.252. The van der Waals surface area contributed by atoms with Crippen molar-refractivity contribution in [2.75, 3.05) is 32.7 Å². The first-order valence-electron chi connectivity index (χ1n) is 8.54. The summed E-state index contributed by atoms with van der Waals surface area (Å²) >= 11 is 0. The molecule has 19 heavy (non-hydrogen) atoms. The van der Waals surface area contributed by atoms with Crippen molar-refractivity contribution < 1.29 is 0 Å². The SMILES string of the molecule is CC1CC(NCCN2CCCCCC2)CN1C1CC1. The quantitative estimate of drug-likeness (QED) is 0.821. The molecule has 0 aromatic rings. The molecule has 0 bridgehead atoms. The second-order valence-corrected chi connectivity index (χ2v) is 6.92. The second kappa shape index (κ2) is 6.55. The molecule has 110 valence electrons. The van der Waals surface area contributed by atoms with Gasteiger partial charge in [0.25, 0.3) is 0 Å². The third kappa shape index (κ3) is 3.93. The molecular formula is C16H31N3. The van der Waals surface area contributed by atoms with Crippen LogP contribution in [0.3, 0.4) is 0 Å². The Hall–Kier alpha value is -0.120. The maximum atomic E-state index is 3.81. The van der Waals surface area contributed by atoms with Gasteiger partial charge in [-0.2, -0.15) is 0 Å². The van der Waals surface area contributed by atoms with E-state index in [9.17, 15) is 0 Å². The molecular weight excluding hydrogens is 234 g/mol. The Kier molecular flexibility index (Phi) is 4.78. The van der Waals surface area contributed by atoms with Gasteiger partial charge in [0.2, 0.25) is 0 Å². The van der Waals surface area contributed by atoms with Crippen LogP contribution in [0.15, 0.2) is 0 Å². The minimum Gasteiger partial charge on any atom is -0.311 e. The molecule has 2 saturated heterocycles. The van der Waals surface area contributed by atoms with Crippen molar-refractivity contribution in [3.63, 3.8) is 0 Å². The molecule has 0 radical (unpaired) electrons. The van der Waals surface area contributed by atoms with Crippen LogP contribution in [-0.4, -0.2) is 60.6 Å². The summed E-state index contributed by atoms with van der Waals surface area (Å²) < 4.78 is 0. The highest BCUT2D eigenvalue weighted by Crippen LogP contribution is 2.33. The fourth-order valence-corrected chi connectivity index (χ4v) is 3.91. The van der Waals surface area contributed by atoms with Crippen LogP contribution >= 0.6 is 0 Å². The number of nitrogens with one attached hydrogen (secondary N) is 1. The summed E-state index contributed by atoms with van der Waals surface area (Å²) in [5.74, 6) is 0. The molecule has 3 aliphatic rings. The van der Waals surface area contributed by atoms with Crippen molar-refractivity contribution in [3.05, 3.63) is 0 Å². The molecule has 2 heterocycles. The molecule has 0 amide bonds. The van der Waals surface area contributed by atoms with Crippen molar-refractivity contribution >= 4 is 0 Å².